The number of halogens is 1. The molecule has 2 N–H and O–H groups in total. The van der Waals surface area contributed by atoms with Crippen molar-refractivity contribution in [3.8, 4) is 0 Å². The first-order chi connectivity index (χ1) is 13.7. The highest BCUT2D eigenvalue weighted by atomic mass is 127. The second-order valence-corrected chi connectivity index (χ2v) is 9.96. The number of guanidine groups is 1. The number of nitrogens with one attached hydrogen (secondary N) is 2. The number of likely N-dealkylation sites (tertiary alicyclic amines) is 2. The Morgan fingerprint density at radius 3 is 2.40 bits per heavy atom. The van der Waals surface area contributed by atoms with Gasteiger partial charge in [0, 0.05) is 39.8 Å². The predicted octanol–water partition coefficient (Wildman–Crippen LogP) is 3.54. The fourth-order valence-electron chi connectivity index (χ4n) is 4.51. The van der Waals surface area contributed by atoms with E-state index in [2.05, 4.69) is 39.3 Å². The molecule has 2 heterocycles. The van der Waals surface area contributed by atoms with Crippen LogP contribution in [0.3, 0.4) is 0 Å². The van der Waals surface area contributed by atoms with Gasteiger partial charge in [-0.1, -0.05) is 13.8 Å². The lowest BCUT2D eigenvalue weighted by atomic mass is 9.92. The van der Waals surface area contributed by atoms with Crippen LogP contribution >= 0.6 is 24.0 Å². The van der Waals surface area contributed by atoms with Gasteiger partial charge in [0.1, 0.15) is 5.60 Å². The van der Waals surface area contributed by atoms with E-state index in [1.54, 1.807) is 0 Å². The maximum absolute atomic E-state index is 12.0. The zero-order valence-electron chi connectivity index (χ0n) is 19.9. The normalized spacial score (nSPS) is 25.6. The van der Waals surface area contributed by atoms with Crippen molar-refractivity contribution in [1.82, 2.24) is 20.4 Å². The quantitative estimate of drug-likeness (QED) is 0.235. The molecule has 0 bridgehead atoms. The number of hydrogen-bond acceptors (Lipinski definition) is 4. The minimum absolute atomic E-state index is 0. The molecule has 0 radical (unpaired) electrons. The van der Waals surface area contributed by atoms with E-state index in [0.29, 0.717) is 0 Å². The molecule has 0 aromatic heterocycles. The van der Waals surface area contributed by atoms with E-state index < -0.39 is 5.60 Å². The number of amides is 1. The number of carbonyl (C=O) groups excluding carboxylic acids is 1. The van der Waals surface area contributed by atoms with Crippen LogP contribution in [-0.4, -0.2) is 79.8 Å². The van der Waals surface area contributed by atoms with Gasteiger partial charge in [-0.05, 0) is 64.8 Å². The second-order valence-electron chi connectivity index (χ2n) is 9.96. The van der Waals surface area contributed by atoms with E-state index in [4.69, 9.17) is 4.74 Å². The number of piperidine rings is 1. The molecule has 30 heavy (non-hydrogen) atoms. The fraction of sp³-hybridized carbons (Fsp3) is 0.909. The summed E-state index contributed by atoms with van der Waals surface area (Å²) < 4.78 is 5.36. The van der Waals surface area contributed by atoms with Crippen LogP contribution in [0.5, 0.6) is 0 Å². The Morgan fingerprint density at radius 1 is 1.13 bits per heavy atom. The molecule has 176 valence electrons. The first kappa shape index (κ1) is 27.3. The molecular weight excluding hydrogens is 493 g/mol. The zero-order chi connectivity index (χ0) is 21.4. The summed E-state index contributed by atoms with van der Waals surface area (Å²) in [4.78, 5) is 21.2. The Morgan fingerprint density at radius 2 is 1.80 bits per heavy atom. The van der Waals surface area contributed by atoms with Crippen molar-refractivity contribution < 1.29 is 9.53 Å². The first-order valence-corrected chi connectivity index (χ1v) is 11.3. The maximum Gasteiger partial charge on any atom is 0.407 e. The summed E-state index contributed by atoms with van der Waals surface area (Å²) in [7, 11) is 1.83. The molecule has 2 aliphatic heterocycles. The van der Waals surface area contributed by atoms with Gasteiger partial charge in [0.25, 0.3) is 0 Å². The van der Waals surface area contributed by atoms with Gasteiger partial charge in [-0.3, -0.25) is 4.99 Å². The Hall–Kier alpha value is -0.770. The molecule has 0 aromatic carbocycles. The number of unbranched alkanes of at least 4 members (excludes halogenated alkanes) is 1. The molecule has 0 aromatic rings. The van der Waals surface area contributed by atoms with E-state index >= 15 is 0 Å². The summed E-state index contributed by atoms with van der Waals surface area (Å²) in [5.41, 5.74) is -0.468. The average molecular weight is 538 g/mol. The Kier molecular flexibility index (Phi) is 11.8. The van der Waals surface area contributed by atoms with Gasteiger partial charge in [-0.2, -0.15) is 0 Å². The van der Waals surface area contributed by atoms with Crippen LogP contribution in [0.1, 0.15) is 60.3 Å². The number of ether oxygens (including phenoxy) is 1. The number of carbonyl (C=O) groups is 1. The van der Waals surface area contributed by atoms with Crippen molar-refractivity contribution in [2.24, 2.45) is 16.8 Å². The summed E-state index contributed by atoms with van der Waals surface area (Å²) in [6, 6.07) is 0.103. The molecule has 2 fully saturated rings. The zero-order valence-corrected chi connectivity index (χ0v) is 22.2. The van der Waals surface area contributed by atoms with Crippen LogP contribution in [0.4, 0.5) is 4.79 Å². The minimum Gasteiger partial charge on any atom is -0.444 e. The molecule has 3 unspecified atom stereocenters. The number of alkyl carbamates (subject to hydrolysis) is 1. The van der Waals surface area contributed by atoms with Crippen LogP contribution in [0, 0.1) is 11.8 Å². The van der Waals surface area contributed by atoms with E-state index in [9.17, 15) is 4.79 Å². The van der Waals surface area contributed by atoms with E-state index in [0.717, 1.165) is 50.3 Å². The van der Waals surface area contributed by atoms with Crippen molar-refractivity contribution in [2.45, 2.75) is 71.9 Å². The van der Waals surface area contributed by atoms with Gasteiger partial charge in [0.05, 0.1) is 6.04 Å². The van der Waals surface area contributed by atoms with Gasteiger partial charge in [0.2, 0.25) is 0 Å². The van der Waals surface area contributed by atoms with Gasteiger partial charge in [-0.15, -0.1) is 24.0 Å². The van der Waals surface area contributed by atoms with Crippen LogP contribution in [0.15, 0.2) is 4.99 Å². The largest absolute Gasteiger partial charge is 0.444 e. The Labute approximate surface area is 200 Å². The van der Waals surface area contributed by atoms with Crippen LogP contribution in [0.25, 0.3) is 0 Å². The molecule has 2 saturated heterocycles. The molecule has 3 atom stereocenters. The standard InChI is InChI=1S/C22H43N5O2.HI/c1-17-13-18(2)15-26(14-17)11-8-7-10-24-20(23-6)27-12-9-19(16-27)25-21(28)29-22(3,4)5;/h17-19H,7-16H2,1-6H3,(H,23,24)(H,25,28);1H. The highest BCUT2D eigenvalue weighted by molar-refractivity contribution is 14.0. The van der Waals surface area contributed by atoms with Crippen LogP contribution in [-0.2, 0) is 4.74 Å². The number of rotatable bonds is 6. The molecule has 2 rings (SSSR count). The minimum atomic E-state index is -0.468. The van der Waals surface area contributed by atoms with E-state index in [1.807, 2.05) is 27.8 Å². The van der Waals surface area contributed by atoms with Gasteiger partial charge < -0.3 is 25.2 Å². The third-order valence-electron chi connectivity index (χ3n) is 5.55. The third-order valence-corrected chi connectivity index (χ3v) is 5.55. The summed E-state index contributed by atoms with van der Waals surface area (Å²) in [5.74, 6) is 2.58. The summed E-state index contributed by atoms with van der Waals surface area (Å²) in [6.45, 7) is 16.7. The number of aliphatic imine (C=N–C) groups is 1. The monoisotopic (exact) mass is 537 g/mol. The third kappa shape index (κ3) is 10.0. The number of hydrogen-bond donors (Lipinski definition) is 2. The highest BCUT2D eigenvalue weighted by Gasteiger charge is 2.27. The molecule has 0 spiro atoms. The topological polar surface area (TPSA) is 69.2 Å². The van der Waals surface area contributed by atoms with Crippen molar-refractivity contribution in [3.05, 3.63) is 0 Å². The van der Waals surface area contributed by atoms with Gasteiger partial charge >= 0.3 is 6.09 Å². The molecule has 7 nitrogen and oxygen atoms in total. The smallest absolute Gasteiger partial charge is 0.407 e. The molecule has 2 aliphatic rings. The van der Waals surface area contributed by atoms with Crippen LogP contribution < -0.4 is 10.6 Å². The van der Waals surface area contributed by atoms with E-state index in [-0.39, 0.29) is 36.1 Å². The highest BCUT2D eigenvalue weighted by Crippen LogP contribution is 2.21. The predicted molar refractivity (Wildman–Crippen MR) is 135 cm³/mol. The van der Waals surface area contributed by atoms with Crippen molar-refractivity contribution in [1.29, 1.82) is 0 Å². The van der Waals surface area contributed by atoms with Gasteiger partial charge in [0.15, 0.2) is 5.96 Å². The summed E-state index contributed by atoms with van der Waals surface area (Å²) >= 11 is 0. The fourth-order valence-corrected chi connectivity index (χ4v) is 4.51. The molecular formula is C22H44IN5O2. The lowest BCUT2D eigenvalue weighted by Crippen LogP contribution is -2.44. The first-order valence-electron chi connectivity index (χ1n) is 11.3. The second kappa shape index (κ2) is 12.9. The molecule has 0 aliphatic carbocycles. The number of nitrogens with zero attached hydrogens (tertiary/aromatic N) is 3. The van der Waals surface area contributed by atoms with Crippen molar-refractivity contribution in [3.63, 3.8) is 0 Å². The average Bonchev–Trinajstić information content (AvgIpc) is 3.03. The molecule has 8 heteroatoms. The summed E-state index contributed by atoms with van der Waals surface area (Å²) in [5, 5.41) is 6.47. The van der Waals surface area contributed by atoms with Crippen molar-refractivity contribution >= 4 is 36.0 Å². The maximum atomic E-state index is 12.0. The van der Waals surface area contributed by atoms with Crippen LogP contribution in [0.2, 0.25) is 0 Å². The van der Waals surface area contributed by atoms with Crippen molar-refractivity contribution in [2.75, 3.05) is 46.3 Å². The van der Waals surface area contributed by atoms with E-state index in [1.165, 1.54) is 32.5 Å². The van der Waals surface area contributed by atoms with Gasteiger partial charge in [-0.25, -0.2) is 4.79 Å². The molecule has 1 amide bonds. The SMILES string of the molecule is CN=C(NCCCCN1CC(C)CC(C)C1)N1CCC(NC(=O)OC(C)(C)C)C1.I. The Bertz CT molecular complexity index is 542. The molecule has 0 saturated carbocycles. The summed E-state index contributed by atoms with van der Waals surface area (Å²) in [6.07, 6.45) is 4.30. The lowest BCUT2D eigenvalue weighted by Gasteiger charge is -2.35. The Balaban J connectivity index is 0.00000450. The lowest BCUT2D eigenvalue weighted by molar-refractivity contribution is 0.0507.